The molecular formula is C8H13Cl2Ti-. The van der Waals surface area contributed by atoms with Crippen molar-refractivity contribution in [1.29, 1.82) is 0 Å². The Morgan fingerprint density at radius 2 is 2.00 bits per heavy atom. The molecule has 0 bridgehead atoms. The van der Waals surface area contributed by atoms with Gasteiger partial charge in [-0.1, -0.05) is 20.3 Å². The van der Waals surface area contributed by atoms with Gasteiger partial charge in [0.1, 0.15) is 0 Å². The van der Waals surface area contributed by atoms with Gasteiger partial charge in [0.15, 0.2) is 0 Å². The van der Waals surface area contributed by atoms with Crippen LogP contribution in [0.4, 0.5) is 0 Å². The van der Waals surface area contributed by atoms with Crippen molar-refractivity contribution in [3.05, 3.63) is 23.3 Å². The van der Waals surface area contributed by atoms with E-state index in [1.807, 2.05) is 0 Å². The zero-order chi connectivity index (χ0) is 5.98. The average molecular weight is 228 g/mol. The van der Waals surface area contributed by atoms with Gasteiger partial charge in [0.05, 0.1) is 0 Å². The molecule has 0 radical (unpaired) electrons. The van der Waals surface area contributed by atoms with Crippen molar-refractivity contribution in [3.8, 4) is 0 Å². The van der Waals surface area contributed by atoms with Crippen LogP contribution in [0.25, 0.3) is 0 Å². The van der Waals surface area contributed by atoms with Gasteiger partial charge in [0.25, 0.3) is 0 Å². The Hall–Kier alpha value is 0.774. The Balaban J connectivity index is -0.000000213. The third-order valence-corrected chi connectivity index (χ3v) is 1.40. The summed E-state index contributed by atoms with van der Waals surface area (Å²) in [5.74, 6) is 0. The second-order valence-corrected chi connectivity index (χ2v) is 2.22. The Labute approximate surface area is 96.2 Å². The van der Waals surface area contributed by atoms with Crippen LogP contribution in [0.5, 0.6) is 0 Å². The normalized spacial score (nSPS) is 13.3. The van der Waals surface area contributed by atoms with E-state index < -0.39 is 0 Å². The van der Waals surface area contributed by atoms with Crippen LogP contribution >= 0.6 is 24.8 Å². The standard InChI is InChI=1S/C8H11.2ClH.Ti/c1-3-8-5-4-7(2)6-8;;;/h6H,3-4H2,1-2H3;2*1H;/q-1;;;. The van der Waals surface area contributed by atoms with Crippen molar-refractivity contribution in [1.82, 2.24) is 0 Å². The molecule has 0 saturated heterocycles. The number of hydrogen-bond donors (Lipinski definition) is 0. The van der Waals surface area contributed by atoms with E-state index in [1.54, 1.807) is 0 Å². The largest absolute Gasteiger partial charge is 0.269 e. The second kappa shape index (κ2) is 8.87. The zero-order valence-electron chi connectivity index (χ0n) is 6.81. The monoisotopic (exact) mass is 227 g/mol. The van der Waals surface area contributed by atoms with Gasteiger partial charge >= 0.3 is 0 Å². The van der Waals surface area contributed by atoms with Gasteiger partial charge < -0.3 is 0 Å². The molecule has 0 amide bonds. The van der Waals surface area contributed by atoms with Crippen LogP contribution in [0.2, 0.25) is 0 Å². The molecule has 1 aliphatic rings. The summed E-state index contributed by atoms with van der Waals surface area (Å²) in [6, 6.07) is 0. The molecule has 0 saturated carbocycles. The van der Waals surface area contributed by atoms with Crippen LogP contribution in [0.1, 0.15) is 26.7 Å². The minimum absolute atomic E-state index is 0. The molecule has 0 heterocycles. The molecule has 0 atom stereocenters. The van der Waals surface area contributed by atoms with Crippen LogP contribution < -0.4 is 0 Å². The molecule has 0 aromatic heterocycles. The fraction of sp³-hybridized carbons (Fsp3) is 0.500. The molecule has 1 aliphatic carbocycles. The van der Waals surface area contributed by atoms with E-state index in [4.69, 9.17) is 0 Å². The first-order chi connectivity index (χ1) is 3.83. The maximum absolute atomic E-state index is 3.28. The van der Waals surface area contributed by atoms with Crippen molar-refractivity contribution < 1.29 is 21.7 Å². The molecule has 0 nitrogen and oxygen atoms in total. The summed E-state index contributed by atoms with van der Waals surface area (Å²) in [5.41, 5.74) is 2.82. The van der Waals surface area contributed by atoms with Gasteiger partial charge in [0, 0.05) is 21.7 Å². The molecular weight excluding hydrogens is 215 g/mol. The van der Waals surface area contributed by atoms with Crippen LogP contribution in [-0.2, 0) is 21.7 Å². The van der Waals surface area contributed by atoms with Crippen molar-refractivity contribution in [2.75, 3.05) is 0 Å². The molecule has 3 heteroatoms. The van der Waals surface area contributed by atoms with Gasteiger partial charge in [-0.25, -0.2) is 11.6 Å². The van der Waals surface area contributed by atoms with E-state index in [2.05, 4.69) is 26.0 Å². The van der Waals surface area contributed by atoms with Crippen LogP contribution in [0, 0.1) is 6.08 Å². The number of hydrogen-bond acceptors (Lipinski definition) is 0. The number of allylic oxidation sites excluding steroid dienone is 4. The van der Waals surface area contributed by atoms with E-state index in [-0.39, 0.29) is 46.5 Å². The van der Waals surface area contributed by atoms with E-state index in [0.717, 1.165) is 12.8 Å². The predicted octanol–water partition coefficient (Wildman–Crippen LogP) is 3.32. The Morgan fingerprint density at radius 3 is 2.18 bits per heavy atom. The van der Waals surface area contributed by atoms with Crippen LogP contribution in [0.3, 0.4) is 0 Å². The summed E-state index contributed by atoms with van der Waals surface area (Å²) >= 11 is 0. The quantitative estimate of drug-likeness (QED) is 0.477. The topological polar surface area (TPSA) is 0 Å². The molecule has 0 fully saturated rings. The molecule has 1 rings (SSSR count). The van der Waals surface area contributed by atoms with Gasteiger partial charge in [-0.15, -0.1) is 31.2 Å². The summed E-state index contributed by atoms with van der Waals surface area (Å²) < 4.78 is 0. The minimum atomic E-state index is 0. The first-order valence-electron chi connectivity index (χ1n) is 3.10. The zero-order valence-corrected chi connectivity index (χ0v) is 10.0. The molecule has 64 valence electrons. The summed E-state index contributed by atoms with van der Waals surface area (Å²) in [7, 11) is 0. The van der Waals surface area contributed by atoms with Gasteiger partial charge in [-0.3, -0.25) is 6.08 Å². The molecule has 0 unspecified atom stereocenters. The first-order valence-corrected chi connectivity index (χ1v) is 3.10. The molecule has 0 aliphatic heterocycles. The SMILES string of the molecule is CCC1=[C-]CC(C)=C1.Cl.Cl.[Ti]. The van der Waals surface area contributed by atoms with E-state index in [0.29, 0.717) is 0 Å². The first kappa shape index (κ1) is 17.8. The fourth-order valence-corrected chi connectivity index (χ4v) is 0.880. The van der Waals surface area contributed by atoms with E-state index in [9.17, 15) is 0 Å². The van der Waals surface area contributed by atoms with E-state index >= 15 is 0 Å². The molecule has 0 N–H and O–H groups in total. The third kappa shape index (κ3) is 5.98. The molecule has 0 aromatic rings. The molecule has 11 heavy (non-hydrogen) atoms. The number of rotatable bonds is 1. The fourth-order valence-electron chi connectivity index (χ4n) is 0.880. The maximum Gasteiger partial charge on any atom is 0 e. The van der Waals surface area contributed by atoms with Gasteiger partial charge in [-0.05, 0) is 0 Å². The second-order valence-electron chi connectivity index (χ2n) is 2.22. The van der Waals surface area contributed by atoms with Crippen LogP contribution in [0.15, 0.2) is 17.2 Å². The van der Waals surface area contributed by atoms with Gasteiger partial charge in [0.2, 0.25) is 0 Å². The average Bonchev–Trinajstić information content (AvgIpc) is 2.14. The van der Waals surface area contributed by atoms with Crippen molar-refractivity contribution in [3.63, 3.8) is 0 Å². The summed E-state index contributed by atoms with van der Waals surface area (Å²) in [5, 5.41) is 0. The maximum atomic E-state index is 3.28. The Bertz CT molecular complexity index is 150. The van der Waals surface area contributed by atoms with Crippen molar-refractivity contribution in [2.24, 2.45) is 0 Å². The predicted molar refractivity (Wildman–Crippen MR) is 49.9 cm³/mol. The van der Waals surface area contributed by atoms with Gasteiger partial charge in [-0.2, -0.15) is 5.57 Å². The molecule has 0 spiro atoms. The minimum Gasteiger partial charge on any atom is -0.269 e. The van der Waals surface area contributed by atoms with Crippen molar-refractivity contribution in [2.45, 2.75) is 26.7 Å². The van der Waals surface area contributed by atoms with Crippen molar-refractivity contribution >= 4 is 24.8 Å². The third-order valence-electron chi connectivity index (χ3n) is 1.40. The number of halogens is 2. The summed E-state index contributed by atoms with van der Waals surface area (Å²) in [6.45, 7) is 4.31. The Morgan fingerprint density at radius 1 is 1.45 bits per heavy atom. The molecule has 0 aromatic carbocycles. The summed E-state index contributed by atoms with van der Waals surface area (Å²) in [4.78, 5) is 0. The van der Waals surface area contributed by atoms with Crippen LogP contribution in [-0.4, -0.2) is 0 Å². The Kier molecular flexibility index (Phi) is 14.3. The summed E-state index contributed by atoms with van der Waals surface area (Å²) in [6.07, 6.45) is 7.70. The van der Waals surface area contributed by atoms with E-state index in [1.165, 1.54) is 11.1 Å². The smallest absolute Gasteiger partial charge is 0 e.